The predicted octanol–water partition coefficient (Wildman–Crippen LogP) is 2.05. The van der Waals surface area contributed by atoms with Gasteiger partial charge in [0.05, 0.1) is 12.4 Å². The Labute approximate surface area is 140 Å². The first-order valence-corrected chi connectivity index (χ1v) is 8.33. The molecule has 4 rings (SSSR count). The Morgan fingerprint density at radius 2 is 2.00 bits per heavy atom. The van der Waals surface area contributed by atoms with Crippen LogP contribution in [0.25, 0.3) is 17.2 Å². The predicted molar refractivity (Wildman–Crippen MR) is 90.5 cm³/mol. The Kier molecular flexibility index (Phi) is 3.86. The molecule has 3 aromatic heterocycles. The number of nitrogens with zero attached hydrogens (tertiary/aromatic N) is 6. The van der Waals surface area contributed by atoms with E-state index < -0.39 is 0 Å². The van der Waals surface area contributed by atoms with Crippen LogP contribution in [0.4, 0.5) is 0 Å². The lowest BCUT2D eigenvalue weighted by molar-refractivity contribution is 0.380. The average Bonchev–Trinajstić information content (AvgIpc) is 3.23. The Morgan fingerprint density at radius 1 is 1.17 bits per heavy atom. The zero-order valence-electron chi connectivity index (χ0n) is 13.7. The third-order valence-corrected chi connectivity index (χ3v) is 4.60. The molecule has 0 unspecified atom stereocenters. The number of hydrogen-bond donors (Lipinski definition) is 1. The van der Waals surface area contributed by atoms with Crippen LogP contribution in [0.15, 0.2) is 36.8 Å². The van der Waals surface area contributed by atoms with E-state index in [1.165, 1.54) is 0 Å². The van der Waals surface area contributed by atoms with Gasteiger partial charge in [0.1, 0.15) is 17.2 Å². The van der Waals surface area contributed by atoms with Crippen molar-refractivity contribution in [2.45, 2.75) is 37.6 Å². The highest BCUT2D eigenvalue weighted by molar-refractivity contribution is 5.49. The van der Waals surface area contributed by atoms with E-state index in [1.54, 1.807) is 10.9 Å². The molecule has 7 heteroatoms. The SMILES string of the molecule is Cn1cc(-n2nc(-c3ccccn3)nc2C2CCC(N)CC2)cn1. The van der Waals surface area contributed by atoms with E-state index in [0.717, 1.165) is 42.9 Å². The largest absolute Gasteiger partial charge is 0.328 e. The molecular weight excluding hydrogens is 302 g/mol. The molecule has 2 N–H and O–H groups in total. The maximum atomic E-state index is 6.06. The molecule has 0 spiro atoms. The minimum atomic E-state index is 0.311. The summed E-state index contributed by atoms with van der Waals surface area (Å²) >= 11 is 0. The van der Waals surface area contributed by atoms with Crippen LogP contribution in [0.2, 0.25) is 0 Å². The molecule has 3 aromatic rings. The number of pyridine rings is 1. The molecular formula is C17H21N7. The second kappa shape index (κ2) is 6.16. The summed E-state index contributed by atoms with van der Waals surface area (Å²) in [7, 11) is 1.90. The van der Waals surface area contributed by atoms with Crippen molar-refractivity contribution in [2.24, 2.45) is 12.8 Å². The topological polar surface area (TPSA) is 87.4 Å². The first kappa shape index (κ1) is 15.0. The molecule has 0 amide bonds. The van der Waals surface area contributed by atoms with Gasteiger partial charge in [-0.25, -0.2) is 9.67 Å². The molecule has 0 saturated heterocycles. The average molecular weight is 323 g/mol. The van der Waals surface area contributed by atoms with Gasteiger partial charge in [0, 0.05) is 25.2 Å². The van der Waals surface area contributed by atoms with Gasteiger partial charge in [0.25, 0.3) is 0 Å². The molecule has 0 bridgehead atoms. The number of rotatable bonds is 3. The fourth-order valence-electron chi connectivity index (χ4n) is 3.28. The number of aryl methyl sites for hydroxylation is 1. The third kappa shape index (κ3) is 2.82. The number of aromatic nitrogens is 6. The van der Waals surface area contributed by atoms with Crippen LogP contribution in [0.3, 0.4) is 0 Å². The molecule has 1 fully saturated rings. The highest BCUT2D eigenvalue weighted by Crippen LogP contribution is 2.33. The molecule has 7 nitrogen and oxygen atoms in total. The molecule has 1 aliphatic carbocycles. The summed E-state index contributed by atoms with van der Waals surface area (Å²) in [6.07, 6.45) is 9.68. The normalized spacial score (nSPS) is 21.1. The van der Waals surface area contributed by atoms with Crippen molar-refractivity contribution in [2.75, 3.05) is 0 Å². The second-order valence-electron chi connectivity index (χ2n) is 6.40. The van der Waals surface area contributed by atoms with Crippen LogP contribution in [-0.4, -0.2) is 35.6 Å². The third-order valence-electron chi connectivity index (χ3n) is 4.60. The summed E-state index contributed by atoms with van der Waals surface area (Å²) < 4.78 is 3.69. The maximum absolute atomic E-state index is 6.06. The molecule has 0 aliphatic heterocycles. The molecule has 124 valence electrons. The van der Waals surface area contributed by atoms with Gasteiger partial charge in [0.15, 0.2) is 5.82 Å². The second-order valence-corrected chi connectivity index (χ2v) is 6.40. The van der Waals surface area contributed by atoms with E-state index in [9.17, 15) is 0 Å². The van der Waals surface area contributed by atoms with Crippen molar-refractivity contribution in [1.82, 2.24) is 29.5 Å². The van der Waals surface area contributed by atoms with Gasteiger partial charge in [-0.1, -0.05) is 6.07 Å². The number of hydrogen-bond acceptors (Lipinski definition) is 5. The smallest absolute Gasteiger partial charge is 0.200 e. The fraction of sp³-hybridized carbons (Fsp3) is 0.412. The summed E-state index contributed by atoms with van der Waals surface area (Å²) in [5.41, 5.74) is 7.77. The minimum Gasteiger partial charge on any atom is -0.328 e. The van der Waals surface area contributed by atoms with E-state index >= 15 is 0 Å². The lowest BCUT2D eigenvalue weighted by atomic mass is 9.86. The van der Waals surface area contributed by atoms with Crippen LogP contribution in [0, 0.1) is 0 Å². The van der Waals surface area contributed by atoms with Gasteiger partial charge in [0.2, 0.25) is 0 Å². The Balaban J connectivity index is 1.77. The highest BCUT2D eigenvalue weighted by atomic mass is 15.4. The van der Waals surface area contributed by atoms with Crippen LogP contribution in [0.1, 0.15) is 37.4 Å². The van der Waals surface area contributed by atoms with Gasteiger partial charge < -0.3 is 5.73 Å². The summed E-state index contributed by atoms with van der Waals surface area (Å²) in [6, 6.07) is 6.09. The van der Waals surface area contributed by atoms with E-state index in [2.05, 4.69) is 10.1 Å². The molecule has 0 aromatic carbocycles. The molecule has 0 atom stereocenters. The Bertz CT molecular complexity index is 813. The van der Waals surface area contributed by atoms with Crippen molar-refractivity contribution in [3.8, 4) is 17.2 Å². The first-order valence-electron chi connectivity index (χ1n) is 8.33. The first-order chi connectivity index (χ1) is 11.7. The van der Waals surface area contributed by atoms with Crippen LogP contribution < -0.4 is 5.73 Å². The van der Waals surface area contributed by atoms with Gasteiger partial charge in [-0.05, 0) is 37.8 Å². The Hall–Kier alpha value is -2.54. The lowest BCUT2D eigenvalue weighted by Gasteiger charge is -2.25. The van der Waals surface area contributed by atoms with Crippen molar-refractivity contribution in [3.63, 3.8) is 0 Å². The van der Waals surface area contributed by atoms with Crippen LogP contribution in [0.5, 0.6) is 0 Å². The summed E-state index contributed by atoms with van der Waals surface area (Å²) in [6.45, 7) is 0. The highest BCUT2D eigenvalue weighted by Gasteiger charge is 2.26. The standard InChI is InChI=1S/C17H21N7/c1-23-11-14(10-20-23)24-17(12-5-7-13(18)8-6-12)21-16(22-24)15-4-2-3-9-19-15/h2-4,9-13H,5-8,18H2,1H3. The van der Waals surface area contributed by atoms with Crippen molar-refractivity contribution in [3.05, 3.63) is 42.6 Å². The van der Waals surface area contributed by atoms with E-state index in [-0.39, 0.29) is 0 Å². The maximum Gasteiger partial charge on any atom is 0.200 e. The minimum absolute atomic E-state index is 0.311. The van der Waals surface area contributed by atoms with Crippen molar-refractivity contribution < 1.29 is 0 Å². The monoisotopic (exact) mass is 323 g/mol. The molecule has 3 heterocycles. The summed E-state index contributed by atoms with van der Waals surface area (Å²) in [5.74, 6) is 2.01. The lowest BCUT2D eigenvalue weighted by Crippen LogP contribution is -2.26. The van der Waals surface area contributed by atoms with E-state index in [4.69, 9.17) is 15.8 Å². The molecule has 0 radical (unpaired) electrons. The summed E-state index contributed by atoms with van der Waals surface area (Å²) in [4.78, 5) is 9.21. The van der Waals surface area contributed by atoms with E-state index in [1.807, 2.05) is 42.3 Å². The molecule has 1 saturated carbocycles. The Morgan fingerprint density at radius 3 is 2.67 bits per heavy atom. The van der Waals surface area contributed by atoms with Gasteiger partial charge >= 0.3 is 0 Å². The quantitative estimate of drug-likeness (QED) is 0.797. The molecule has 1 aliphatic rings. The van der Waals surface area contributed by atoms with Crippen molar-refractivity contribution in [1.29, 1.82) is 0 Å². The van der Waals surface area contributed by atoms with E-state index in [0.29, 0.717) is 17.8 Å². The zero-order valence-corrected chi connectivity index (χ0v) is 13.7. The number of nitrogens with two attached hydrogens (primary N) is 1. The molecule has 24 heavy (non-hydrogen) atoms. The van der Waals surface area contributed by atoms with Crippen LogP contribution >= 0.6 is 0 Å². The zero-order chi connectivity index (χ0) is 16.5. The summed E-state index contributed by atoms with van der Waals surface area (Å²) in [5, 5.41) is 8.98. The van der Waals surface area contributed by atoms with Gasteiger partial charge in [-0.15, -0.1) is 5.10 Å². The van der Waals surface area contributed by atoms with Gasteiger partial charge in [-0.3, -0.25) is 9.67 Å². The van der Waals surface area contributed by atoms with Crippen molar-refractivity contribution >= 4 is 0 Å². The van der Waals surface area contributed by atoms with Gasteiger partial charge in [-0.2, -0.15) is 5.10 Å². The van der Waals surface area contributed by atoms with Crippen LogP contribution in [-0.2, 0) is 7.05 Å². The fourth-order valence-corrected chi connectivity index (χ4v) is 3.28.